The third-order valence-electron chi connectivity index (χ3n) is 2.60. The molecule has 108 valence electrons. The summed E-state index contributed by atoms with van der Waals surface area (Å²) < 4.78 is 4.81. The molecule has 1 unspecified atom stereocenters. The lowest BCUT2D eigenvalue weighted by Crippen LogP contribution is -2.43. The number of nitrogens with one attached hydrogen (secondary N) is 2. The normalized spacial score (nSPS) is 12.8. The van der Waals surface area contributed by atoms with Crippen LogP contribution >= 0.6 is 11.8 Å². The van der Waals surface area contributed by atoms with Gasteiger partial charge in [0.25, 0.3) is 0 Å². The zero-order valence-corrected chi connectivity index (χ0v) is 12.4. The number of fused-ring (bicyclic) bond motifs is 1. The lowest BCUT2D eigenvalue weighted by atomic mass is 10.3. The van der Waals surface area contributed by atoms with Crippen LogP contribution in [0.5, 0.6) is 0 Å². The number of carbonyl (C=O) groups excluding carboxylic acids is 1. The first-order valence-corrected chi connectivity index (χ1v) is 7.21. The molecule has 2 N–H and O–H groups in total. The Labute approximate surface area is 120 Å². The fourth-order valence-electron chi connectivity index (χ4n) is 1.74. The maximum absolute atomic E-state index is 11.7. The molecule has 2 aromatic rings. The smallest absolute Gasteiger partial charge is 0.323 e. The second kappa shape index (κ2) is 6.67. The van der Waals surface area contributed by atoms with Crippen LogP contribution in [0.25, 0.3) is 11.2 Å². The summed E-state index contributed by atoms with van der Waals surface area (Å²) in [4.78, 5) is 27.1. The molecule has 1 atom stereocenters. The molecule has 0 amide bonds. The van der Waals surface area contributed by atoms with E-state index in [1.54, 1.807) is 6.33 Å². The van der Waals surface area contributed by atoms with Gasteiger partial charge in [-0.15, -0.1) is 11.8 Å². The van der Waals surface area contributed by atoms with Crippen molar-refractivity contribution in [3.63, 3.8) is 0 Å². The Balaban J connectivity index is 2.08. The molecule has 0 bridgehead atoms. The molecule has 0 spiro atoms. The first-order valence-electron chi connectivity index (χ1n) is 6.22. The summed E-state index contributed by atoms with van der Waals surface area (Å²) in [7, 11) is 1.39. The van der Waals surface area contributed by atoms with E-state index >= 15 is 0 Å². The molecule has 0 saturated carbocycles. The van der Waals surface area contributed by atoms with Crippen LogP contribution < -0.4 is 5.32 Å². The van der Waals surface area contributed by atoms with E-state index in [0.717, 1.165) is 10.5 Å². The van der Waals surface area contributed by atoms with Crippen LogP contribution in [0.15, 0.2) is 17.7 Å². The van der Waals surface area contributed by atoms with Gasteiger partial charge in [-0.05, 0) is 0 Å². The molecule has 0 radical (unpaired) electrons. The van der Waals surface area contributed by atoms with Crippen LogP contribution in [0.2, 0.25) is 0 Å². The summed E-state index contributed by atoms with van der Waals surface area (Å²) in [5, 5.41) is 3.95. The molecule has 2 heterocycles. The third kappa shape index (κ3) is 3.45. The molecule has 0 aliphatic rings. The van der Waals surface area contributed by atoms with Crippen LogP contribution in [-0.2, 0) is 9.53 Å². The number of nitrogens with zero attached hydrogens (tertiary/aromatic N) is 3. The van der Waals surface area contributed by atoms with Gasteiger partial charge in [0.05, 0.1) is 13.4 Å². The minimum absolute atomic E-state index is 0.192. The topological polar surface area (TPSA) is 92.8 Å². The van der Waals surface area contributed by atoms with Crippen LogP contribution in [-0.4, -0.2) is 50.9 Å². The Morgan fingerprint density at radius 2 is 2.25 bits per heavy atom. The fraction of sp³-hybridized carbons (Fsp3) is 0.500. The van der Waals surface area contributed by atoms with Gasteiger partial charge < -0.3 is 15.0 Å². The molecule has 7 nitrogen and oxygen atoms in total. The van der Waals surface area contributed by atoms with Crippen molar-refractivity contribution in [2.45, 2.75) is 31.0 Å². The number of carbonyl (C=O) groups is 1. The average Bonchev–Trinajstić information content (AvgIpc) is 2.91. The maximum atomic E-state index is 11.7. The van der Waals surface area contributed by atoms with Crippen molar-refractivity contribution in [1.82, 2.24) is 25.3 Å². The number of hydrogen-bond donors (Lipinski definition) is 2. The first-order chi connectivity index (χ1) is 9.61. The minimum Gasteiger partial charge on any atom is -0.468 e. The number of imidazole rings is 1. The predicted molar refractivity (Wildman–Crippen MR) is 76.5 cm³/mol. The number of ether oxygens (including phenoxy) is 1. The SMILES string of the molecule is COC(=O)C(CSc1ncnc2nc[nH]c12)NC(C)C. The number of rotatable bonds is 6. The van der Waals surface area contributed by atoms with Crippen molar-refractivity contribution >= 4 is 28.9 Å². The van der Waals surface area contributed by atoms with Crippen LogP contribution in [0.4, 0.5) is 0 Å². The van der Waals surface area contributed by atoms with Gasteiger partial charge in [-0.3, -0.25) is 4.79 Å². The Hall–Kier alpha value is -1.67. The molecule has 8 heteroatoms. The summed E-state index contributed by atoms with van der Waals surface area (Å²) in [6.45, 7) is 3.97. The Bertz CT molecular complexity index is 586. The van der Waals surface area contributed by atoms with Gasteiger partial charge in [-0.1, -0.05) is 13.8 Å². The number of esters is 1. The second-order valence-electron chi connectivity index (χ2n) is 4.49. The zero-order chi connectivity index (χ0) is 14.5. The molecule has 0 aliphatic heterocycles. The summed E-state index contributed by atoms with van der Waals surface area (Å²) >= 11 is 1.46. The molecule has 2 aromatic heterocycles. The largest absolute Gasteiger partial charge is 0.468 e. The Morgan fingerprint density at radius 1 is 1.45 bits per heavy atom. The summed E-state index contributed by atoms with van der Waals surface area (Å²) in [6, 6.07) is -0.185. The van der Waals surface area contributed by atoms with E-state index in [1.165, 1.54) is 25.2 Å². The highest BCUT2D eigenvalue weighted by atomic mass is 32.2. The number of aromatic amines is 1. The standard InChI is InChI=1S/C12H17N5O2S/c1-7(2)17-8(12(18)19-3)4-20-11-9-10(14-5-13-9)15-6-16-11/h5-8,17H,4H2,1-3H3,(H,13,14,15,16). The van der Waals surface area contributed by atoms with Crippen LogP contribution in [0.1, 0.15) is 13.8 Å². The molecular formula is C12H17N5O2S. The maximum Gasteiger partial charge on any atom is 0.323 e. The van der Waals surface area contributed by atoms with E-state index in [1.807, 2.05) is 13.8 Å². The van der Waals surface area contributed by atoms with Gasteiger partial charge in [0.2, 0.25) is 0 Å². The molecule has 0 fully saturated rings. The lowest BCUT2D eigenvalue weighted by Gasteiger charge is -2.18. The van der Waals surface area contributed by atoms with E-state index < -0.39 is 0 Å². The Morgan fingerprint density at radius 3 is 2.95 bits per heavy atom. The van der Waals surface area contributed by atoms with Crippen LogP contribution in [0, 0.1) is 0 Å². The van der Waals surface area contributed by atoms with Crippen molar-refractivity contribution in [2.75, 3.05) is 12.9 Å². The highest BCUT2D eigenvalue weighted by Crippen LogP contribution is 2.22. The number of hydrogen-bond acceptors (Lipinski definition) is 7. The van der Waals surface area contributed by atoms with Crippen LogP contribution in [0.3, 0.4) is 0 Å². The van der Waals surface area contributed by atoms with Crippen molar-refractivity contribution in [3.05, 3.63) is 12.7 Å². The van der Waals surface area contributed by atoms with Gasteiger partial charge in [0.1, 0.15) is 22.9 Å². The average molecular weight is 295 g/mol. The summed E-state index contributed by atoms with van der Waals surface area (Å²) in [5.41, 5.74) is 1.40. The number of aromatic nitrogens is 4. The van der Waals surface area contributed by atoms with Gasteiger partial charge in [-0.25, -0.2) is 15.0 Å². The zero-order valence-electron chi connectivity index (χ0n) is 11.6. The molecule has 0 saturated heterocycles. The second-order valence-corrected chi connectivity index (χ2v) is 5.50. The monoisotopic (exact) mass is 295 g/mol. The number of thioether (sulfide) groups is 1. The van der Waals surface area contributed by atoms with Crippen molar-refractivity contribution in [3.8, 4) is 0 Å². The van der Waals surface area contributed by atoms with Gasteiger partial charge >= 0.3 is 5.97 Å². The van der Waals surface area contributed by atoms with E-state index in [2.05, 4.69) is 25.3 Å². The summed E-state index contributed by atoms with van der Waals surface area (Å²) in [6.07, 6.45) is 3.04. The fourth-order valence-corrected chi connectivity index (χ4v) is 2.72. The molecule has 20 heavy (non-hydrogen) atoms. The highest BCUT2D eigenvalue weighted by molar-refractivity contribution is 7.99. The quantitative estimate of drug-likeness (QED) is 0.466. The molecule has 0 aliphatic carbocycles. The number of methoxy groups -OCH3 is 1. The summed E-state index contributed by atoms with van der Waals surface area (Å²) in [5.74, 6) is 0.247. The van der Waals surface area contributed by atoms with Crippen molar-refractivity contribution in [1.29, 1.82) is 0 Å². The Kier molecular flexibility index (Phi) is 4.91. The van der Waals surface area contributed by atoms with E-state index in [0.29, 0.717) is 11.4 Å². The number of H-pyrrole nitrogens is 1. The van der Waals surface area contributed by atoms with E-state index in [-0.39, 0.29) is 18.1 Å². The van der Waals surface area contributed by atoms with Gasteiger partial charge in [0.15, 0.2) is 5.65 Å². The van der Waals surface area contributed by atoms with Gasteiger partial charge in [0, 0.05) is 11.8 Å². The molecule has 2 rings (SSSR count). The molecular weight excluding hydrogens is 278 g/mol. The predicted octanol–water partition coefficient (Wildman–Crippen LogP) is 0.985. The van der Waals surface area contributed by atoms with Crippen molar-refractivity contribution in [2.24, 2.45) is 0 Å². The van der Waals surface area contributed by atoms with Gasteiger partial charge in [-0.2, -0.15) is 0 Å². The third-order valence-corrected chi connectivity index (χ3v) is 3.68. The van der Waals surface area contributed by atoms with E-state index in [4.69, 9.17) is 4.74 Å². The van der Waals surface area contributed by atoms with Crippen molar-refractivity contribution < 1.29 is 9.53 Å². The highest BCUT2D eigenvalue weighted by Gasteiger charge is 2.21. The first kappa shape index (κ1) is 14.7. The lowest BCUT2D eigenvalue weighted by molar-refractivity contribution is -0.142. The van der Waals surface area contributed by atoms with E-state index in [9.17, 15) is 4.79 Å². The minimum atomic E-state index is -0.377. The molecule has 0 aromatic carbocycles.